The van der Waals surface area contributed by atoms with Crippen LogP contribution in [0.15, 0.2) is 231 Å². The second-order valence-electron chi connectivity index (χ2n) is 16.8. The molecule has 1 heterocycles. The topological polar surface area (TPSA) is 25.8 Å². The summed E-state index contributed by atoms with van der Waals surface area (Å²) in [5, 5.41) is 17.4. The van der Waals surface area contributed by atoms with E-state index in [1.54, 1.807) is 0 Å². The molecule has 0 spiro atoms. The van der Waals surface area contributed by atoms with E-state index in [1.807, 2.05) is 6.07 Å². The van der Waals surface area contributed by atoms with E-state index in [-0.39, 0.29) is 0 Å². The van der Waals surface area contributed by atoms with Crippen LogP contribution in [0, 0.1) is 0 Å². The largest absolute Gasteiger partial charge is 0.228 e. The second-order valence-corrected chi connectivity index (χ2v) is 16.8. The predicted octanol–water partition coefficient (Wildman–Crippen LogP) is 16.9. The fourth-order valence-electron chi connectivity index (χ4n) is 10.4. The van der Waals surface area contributed by atoms with E-state index in [0.717, 1.165) is 33.6 Å². The normalized spacial score (nSPS) is 11.8. The summed E-state index contributed by atoms with van der Waals surface area (Å²) >= 11 is 0. The molecule has 296 valence electrons. The average molecular weight is 811 g/mol. The van der Waals surface area contributed by atoms with Crippen molar-refractivity contribution in [3.05, 3.63) is 231 Å². The summed E-state index contributed by atoms with van der Waals surface area (Å²) in [6, 6.07) is 83.5. The van der Waals surface area contributed by atoms with Gasteiger partial charge in [-0.3, -0.25) is 0 Å². The van der Waals surface area contributed by atoms with Gasteiger partial charge in [-0.25, -0.2) is 9.97 Å². The van der Waals surface area contributed by atoms with Gasteiger partial charge in [0.05, 0.1) is 11.4 Å². The molecule has 0 bridgehead atoms. The maximum Gasteiger partial charge on any atom is 0.160 e. The van der Waals surface area contributed by atoms with E-state index in [9.17, 15) is 0 Å². The third kappa shape index (κ3) is 5.66. The highest BCUT2D eigenvalue weighted by atomic mass is 14.9. The molecular weight excluding hydrogens is 773 g/mol. The van der Waals surface area contributed by atoms with Gasteiger partial charge in [0.25, 0.3) is 0 Å². The lowest BCUT2D eigenvalue weighted by molar-refractivity contribution is 1.19. The zero-order valence-electron chi connectivity index (χ0n) is 34.8. The van der Waals surface area contributed by atoms with Gasteiger partial charge in [0.15, 0.2) is 5.82 Å². The van der Waals surface area contributed by atoms with E-state index >= 15 is 0 Å². The van der Waals surface area contributed by atoms with Gasteiger partial charge in [0, 0.05) is 16.7 Å². The van der Waals surface area contributed by atoms with Gasteiger partial charge in [0.1, 0.15) is 0 Å². The van der Waals surface area contributed by atoms with Gasteiger partial charge in [0.2, 0.25) is 0 Å². The number of rotatable bonds is 5. The van der Waals surface area contributed by atoms with Crippen LogP contribution >= 0.6 is 0 Å². The lowest BCUT2D eigenvalue weighted by Crippen LogP contribution is -1.97. The molecule has 0 saturated heterocycles. The minimum Gasteiger partial charge on any atom is -0.228 e. The van der Waals surface area contributed by atoms with Gasteiger partial charge in [-0.15, -0.1) is 0 Å². The fraction of sp³-hybridized carbons (Fsp3) is 0. The van der Waals surface area contributed by atoms with Gasteiger partial charge >= 0.3 is 0 Å². The Hall–Kier alpha value is -8.46. The maximum absolute atomic E-state index is 5.38. The molecule has 0 aliphatic heterocycles. The van der Waals surface area contributed by atoms with Crippen molar-refractivity contribution in [1.29, 1.82) is 0 Å². The van der Waals surface area contributed by atoms with E-state index in [4.69, 9.17) is 9.97 Å². The molecule has 0 aliphatic carbocycles. The smallest absolute Gasteiger partial charge is 0.160 e. The van der Waals surface area contributed by atoms with Crippen molar-refractivity contribution in [2.75, 3.05) is 0 Å². The van der Waals surface area contributed by atoms with Crippen LogP contribution in [0.1, 0.15) is 0 Å². The van der Waals surface area contributed by atoms with E-state index in [2.05, 4.69) is 224 Å². The van der Waals surface area contributed by atoms with E-state index in [1.165, 1.54) is 92.1 Å². The van der Waals surface area contributed by atoms with Gasteiger partial charge < -0.3 is 0 Å². The van der Waals surface area contributed by atoms with Crippen molar-refractivity contribution in [3.8, 4) is 56.2 Å². The molecule has 1 aromatic heterocycles. The van der Waals surface area contributed by atoms with Gasteiger partial charge in [-0.05, 0) is 110 Å². The molecule has 0 unspecified atom stereocenters. The summed E-state index contributed by atoms with van der Waals surface area (Å²) in [4.78, 5) is 10.7. The number of hydrogen-bond donors (Lipinski definition) is 0. The summed E-state index contributed by atoms with van der Waals surface area (Å²) in [6.07, 6.45) is 0. The monoisotopic (exact) mass is 810 g/mol. The molecule has 0 saturated carbocycles. The lowest BCUT2D eigenvalue weighted by atomic mass is 9.84. The number of benzene rings is 12. The van der Waals surface area contributed by atoms with Crippen LogP contribution in [0.3, 0.4) is 0 Å². The number of hydrogen-bond acceptors (Lipinski definition) is 2. The molecule has 13 rings (SSSR count). The Morgan fingerprint density at radius 2 is 0.703 bits per heavy atom. The number of nitrogens with zero attached hydrogens (tertiary/aromatic N) is 2. The molecule has 0 radical (unpaired) electrons. The fourth-order valence-corrected chi connectivity index (χ4v) is 10.4. The zero-order chi connectivity index (χ0) is 42.1. The van der Waals surface area contributed by atoms with Crippen molar-refractivity contribution >= 4 is 75.4 Å². The van der Waals surface area contributed by atoms with Gasteiger partial charge in [-0.1, -0.05) is 218 Å². The molecule has 2 nitrogen and oxygen atoms in total. The number of aromatic nitrogens is 2. The van der Waals surface area contributed by atoms with Crippen molar-refractivity contribution < 1.29 is 0 Å². The molecule has 0 fully saturated rings. The van der Waals surface area contributed by atoms with E-state index in [0.29, 0.717) is 5.82 Å². The molecule has 12 aromatic carbocycles. The number of fused-ring (bicyclic) bond motifs is 12. The lowest BCUT2D eigenvalue weighted by Gasteiger charge is -2.19. The summed E-state index contributed by atoms with van der Waals surface area (Å²) in [6.45, 7) is 0. The first-order valence-corrected chi connectivity index (χ1v) is 22.0. The highest BCUT2D eigenvalue weighted by molar-refractivity contribution is 6.33. The Morgan fingerprint density at radius 3 is 1.39 bits per heavy atom. The molecule has 0 atom stereocenters. The summed E-state index contributed by atoms with van der Waals surface area (Å²) in [5.74, 6) is 0.699. The third-order valence-corrected chi connectivity index (χ3v) is 13.2. The van der Waals surface area contributed by atoms with Crippen LogP contribution in [0.25, 0.3) is 132 Å². The van der Waals surface area contributed by atoms with Gasteiger partial charge in [-0.2, -0.15) is 0 Å². The van der Waals surface area contributed by atoms with Crippen LogP contribution in [0.2, 0.25) is 0 Å². The van der Waals surface area contributed by atoms with Crippen LogP contribution in [0.5, 0.6) is 0 Å². The van der Waals surface area contributed by atoms with Crippen molar-refractivity contribution in [2.45, 2.75) is 0 Å². The summed E-state index contributed by atoms with van der Waals surface area (Å²) < 4.78 is 0. The third-order valence-electron chi connectivity index (χ3n) is 13.2. The zero-order valence-corrected chi connectivity index (χ0v) is 34.8. The van der Waals surface area contributed by atoms with Crippen molar-refractivity contribution in [2.24, 2.45) is 0 Å². The van der Waals surface area contributed by atoms with Crippen LogP contribution in [-0.4, -0.2) is 9.97 Å². The Balaban J connectivity index is 1.04. The summed E-state index contributed by atoms with van der Waals surface area (Å²) in [5.41, 5.74) is 9.76. The first-order valence-electron chi connectivity index (χ1n) is 22.0. The molecular formula is C62H38N2. The van der Waals surface area contributed by atoms with E-state index < -0.39 is 0 Å². The minimum atomic E-state index is 0.699. The second kappa shape index (κ2) is 14.6. The van der Waals surface area contributed by atoms with Crippen molar-refractivity contribution in [1.82, 2.24) is 9.97 Å². The predicted molar refractivity (Wildman–Crippen MR) is 272 cm³/mol. The molecule has 13 aromatic rings. The molecule has 0 aliphatic rings. The molecule has 64 heavy (non-hydrogen) atoms. The molecule has 2 heteroatoms. The first-order chi connectivity index (χ1) is 31.8. The highest BCUT2D eigenvalue weighted by Gasteiger charge is 2.21. The Kier molecular flexibility index (Phi) is 8.25. The Labute approximate surface area is 370 Å². The summed E-state index contributed by atoms with van der Waals surface area (Å²) in [7, 11) is 0. The minimum absolute atomic E-state index is 0.699. The Morgan fingerprint density at radius 1 is 0.234 bits per heavy atom. The molecule has 0 amide bonds. The quantitative estimate of drug-likeness (QED) is 0.128. The van der Waals surface area contributed by atoms with Crippen LogP contribution < -0.4 is 0 Å². The standard InChI is InChI=1S/C62H38N2/c1-3-18-41(19-4-1)59-52-30-16-15-29-51(52)58(53-36-35-39-17-7-8-22-44(39)61(53)59)42-33-31-40(32-34-42)56-38-57(64-62(63-56)43-20-5-2-6-21-43)54-37-55-47-25-10-9-23-45(47)46-24-11-13-27-49(46)60(55)50-28-14-12-26-48(50)54/h1-38H. The average Bonchev–Trinajstić information content (AvgIpc) is 3.38. The first kappa shape index (κ1) is 36.2. The Bertz CT molecular complexity index is 3990. The maximum atomic E-state index is 5.38. The van der Waals surface area contributed by atoms with Crippen LogP contribution in [-0.2, 0) is 0 Å². The van der Waals surface area contributed by atoms with Crippen LogP contribution in [0.4, 0.5) is 0 Å². The SMILES string of the molecule is c1ccc(-c2nc(-c3ccc(-c4c5ccccc5c(-c5ccccc5)c5c4ccc4ccccc45)cc3)cc(-c3cc4c5ccccc5c5ccccc5c4c4ccccc34)n2)cc1. The molecule has 0 N–H and O–H groups in total. The highest BCUT2D eigenvalue weighted by Crippen LogP contribution is 2.47. The van der Waals surface area contributed by atoms with Crippen molar-refractivity contribution in [3.63, 3.8) is 0 Å².